The van der Waals surface area contributed by atoms with Crippen molar-refractivity contribution in [2.24, 2.45) is 17.0 Å². The number of likely N-dealkylation sites (tertiary alicyclic amines) is 2. The van der Waals surface area contributed by atoms with E-state index in [1.165, 1.54) is 11.9 Å². The first-order valence-corrected chi connectivity index (χ1v) is 5.16. The Balaban J connectivity index is 2.06. The zero-order valence-electron chi connectivity index (χ0n) is 9.24. The number of carbonyl (C=O) groups is 3. The molecule has 8 heteroatoms. The maximum absolute atomic E-state index is 11.7. The van der Waals surface area contributed by atoms with E-state index in [-0.39, 0.29) is 37.4 Å². The van der Waals surface area contributed by atoms with Gasteiger partial charge in [-0.3, -0.25) is 19.3 Å². The van der Waals surface area contributed by atoms with E-state index in [2.05, 4.69) is 10.0 Å². The fraction of sp³-hybridized carbons (Fsp3) is 0.667. The zero-order chi connectivity index (χ0) is 12.6. The summed E-state index contributed by atoms with van der Waals surface area (Å²) in [6.07, 6.45) is 0. The van der Waals surface area contributed by atoms with Crippen LogP contribution in [0.15, 0.2) is 5.11 Å². The Bertz CT molecular complexity index is 418. The van der Waals surface area contributed by atoms with E-state index in [0.717, 1.165) is 4.90 Å². The van der Waals surface area contributed by atoms with E-state index in [0.29, 0.717) is 0 Å². The third-order valence-electron chi connectivity index (χ3n) is 3.24. The third kappa shape index (κ3) is 1.72. The van der Waals surface area contributed by atoms with Crippen LogP contribution in [0.5, 0.6) is 0 Å². The second-order valence-electron chi connectivity index (χ2n) is 4.14. The number of hydrogen-bond acceptors (Lipinski definition) is 4. The topological polar surface area (TPSA) is 106 Å². The van der Waals surface area contributed by atoms with Crippen molar-refractivity contribution in [1.29, 1.82) is 0 Å². The van der Waals surface area contributed by atoms with Crippen molar-refractivity contribution in [3.63, 3.8) is 0 Å². The highest BCUT2D eigenvalue weighted by atomic mass is 16.2. The molecule has 2 heterocycles. The highest BCUT2D eigenvalue weighted by molar-refractivity contribution is 6.06. The molecule has 0 spiro atoms. The Hall–Kier alpha value is -2.08. The largest absolute Gasteiger partial charge is 0.341 e. The van der Waals surface area contributed by atoms with Crippen molar-refractivity contribution in [3.05, 3.63) is 10.4 Å². The van der Waals surface area contributed by atoms with Crippen LogP contribution >= 0.6 is 0 Å². The van der Waals surface area contributed by atoms with Crippen LogP contribution in [0.1, 0.15) is 0 Å². The maximum atomic E-state index is 11.7. The second kappa shape index (κ2) is 4.06. The van der Waals surface area contributed by atoms with Gasteiger partial charge in [0.2, 0.25) is 17.7 Å². The van der Waals surface area contributed by atoms with Gasteiger partial charge >= 0.3 is 0 Å². The van der Waals surface area contributed by atoms with Gasteiger partial charge in [-0.1, -0.05) is 5.11 Å². The van der Waals surface area contributed by atoms with Crippen LogP contribution in [0.2, 0.25) is 0 Å². The number of imide groups is 1. The molecule has 2 saturated heterocycles. The summed E-state index contributed by atoms with van der Waals surface area (Å²) in [7, 11) is 1.45. The third-order valence-corrected chi connectivity index (χ3v) is 3.24. The number of carbonyl (C=O) groups excluding carboxylic acids is 3. The van der Waals surface area contributed by atoms with Crippen LogP contribution in [0.3, 0.4) is 0 Å². The molecule has 17 heavy (non-hydrogen) atoms. The van der Waals surface area contributed by atoms with Crippen LogP contribution in [0.4, 0.5) is 0 Å². The van der Waals surface area contributed by atoms with Gasteiger partial charge in [-0.2, -0.15) is 0 Å². The minimum atomic E-state index is -0.428. The lowest BCUT2D eigenvalue weighted by molar-refractivity contribution is -0.139. The molecular formula is C9H11N5O3. The fourth-order valence-electron chi connectivity index (χ4n) is 2.31. The molecule has 0 bridgehead atoms. The van der Waals surface area contributed by atoms with Crippen molar-refractivity contribution in [2.45, 2.75) is 0 Å². The lowest BCUT2D eigenvalue weighted by Crippen LogP contribution is -2.37. The average molecular weight is 237 g/mol. The van der Waals surface area contributed by atoms with E-state index < -0.39 is 11.8 Å². The molecule has 2 atom stereocenters. The molecule has 0 saturated carbocycles. The summed E-state index contributed by atoms with van der Waals surface area (Å²) in [4.78, 5) is 39.9. The molecule has 2 rings (SSSR count). The maximum Gasteiger partial charge on any atom is 0.234 e. The molecule has 2 aliphatic heterocycles. The summed E-state index contributed by atoms with van der Waals surface area (Å²) in [5.74, 6) is -1.68. The Labute approximate surface area is 96.8 Å². The smallest absolute Gasteiger partial charge is 0.234 e. The molecule has 2 fully saturated rings. The van der Waals surface area contributed by atoms with Crippen molar-refractivity contribution < 1.29 is 14.4 Å². The van der Waals surface area contributed by atoms with Gasteiger partial charge < -0.3 is 4.90 Å². The van der Waals surface area contributed by atoms with Crippen LogP contribution in [-0.4, -0.2) is 54.2 Å². The first-order chi connectivity index (χ1) is 8.06. The van der Waals surface area contributed by atoms with Crippen LogP contribution < -0.4 is 0 Å². The first-order valence-electron chi connectivity index (χ1n) is 5.16. The fourth-order valence-corrected chi connectivity index (χ4v) is 2.31. The number of fused-ring (bicyclic) bond motifs is 1. The summed E-state index contributed by atoms with van der Waals surface area (Å²) in [5.41, 5.74) is 8.11. The van der Waals surface area contributed by atoms with Gasteiger partial charge in [0.1, 0.15) is 6.54 Å². The monoisotopic (exact) mass is 237 g/mol. The molecule has 0 N–H and O–H groups in total. The highest BCUT2D eigenvalue weighted by Crippen LogP contribution is 2.32. The second-order valence-corrected chi connectivity index (χ2v) is 4.14. The van der Waals surface area contributed by atoms with Crippen LogP contribution in [0, 0.1) is 11.8 Å². The zero-order valence-corrected chi connectivity index (χ0v) is 9.24. The van der Waals surface area contributed by atoms with Gasteiger partial charge in [0, 0.05) is 25.0 Å². The molecule has 0 unspecified atom stereocenters. The van der Waals surface area contributed by atoms with E-state index in [1.807, 2.05) is 0 Å². The van der Waals surface area contributed by atoms with E-state index in [9.17, 15) is 14.4 Å². The minimum Gasteiger partial charge on any atom is -0.341 e. The Morgan fingerprint density at radius 2 is 1.94 bits per heavy atom. The quantitative estimate of drug-likeness (QED) is 0.276. The molecule has 90 valence electrons. The minimum absolute atomic E-state index is 0.235. The molecule has 2 aliphatic rings. The lowest BCUT2D eigenvalue weighted by Gasteiger charge is -2.17. The van der Waals surface area contributed by atoms with E-state index >= 15 is 0 Å². The van der Waals surface area contributed by atoms with Gasteiger partial charge in [-0.25, -0.2) is 0 Å². The van der Waals surface area contributed by atoms with Crippen molar-refractivity contribution in [3.8, 4) is 0 Å². The normalized spacial score (nSPS) is 27.1. The Morgan fingerprint density at radius 3 is 2.41 bits per heavy atom. The summed E-state index contributed by atoms with van der Waals surface area (Å²) >= 11 is 0. The van der Waals surface area contributed by atoms with E-state index in [1.54, 1.807) is 0 Å². The molecule has 0 aliphatic carbocycles. The van der Waals surface area contributed by atoms with Crippen molar-refractivity contribution >= 4 is 17.7 Å². The van der Waals surface area contributed by atoms with Gasteiger partial charge in [0.05, 0.1) is 11.8 Å². The average Bonchev–Trinajstić information content (AvgIpc) is 2.84. The van der Waals surface area contributed by atoms with Crippen LogP contribution in [0.25, 0.3) is 10.4 Å². The standard InChI is InChI=1S/C9H11N5O3/c1-13-8(16)5-3-14(4-6(5)9(13)17)7(15)2-11-12-10/h5-6H,2-4H2,1H3/t5-,6+. The summed E-state index contributed by atoms with van der Waals surface area (Å²) in [6, 6.07) is 0. The van der Waals surface area contributed by atoms with Gasteiger partial charge in [0.25, 0.3) is 0 Å². The molecule has 8 nitrogen and oxygen atoms in total. The predicted octanol–water partition coefficient (Wildman–Crippen LogP) is -0.630. The number of nitrogens with zero attached hydrogens (tertiary/aromatic N) is 5. The molecule has 0 aromatic heterocycles. The Kier molecular flexibility index (Phi) is 2.72. The molecular weight excluding hydrogens is 226 g/mol. The van der Waals surface area contributed by atoms with Crippen LogP contribution in [-0.2, 0) is 14.4 Å². The van der Waals surface area contributed by atoms with Gasteiger partial charge in [-0.05, 0) is 5.53 Å². The molecule has 0 aromatic carbocycles. The summed E-state index contributed by atoms with van der Waals surface area (Å²) < 4.78 is 0. The predicted molar refractivity (Wildman–Crippen MR) is 55.4 cm³/mol. The summed E-state index contributed by atoms with van der Waals surface area (Å²) in [5, 5.41) is 3.17. The van der Waals surface area contributed by atoms with Gasteiger partial charge in [0.15, 0.2) is 0 Å². The highest BCUT2D eigenvalue weighted by Gasteiger charge is 2.51. The number of azide groups is 1. The number of rotatable bonds is 2. The van der Waals surface area contributed by atoms with Crippen molar-refractivity contribution in [2.75, 3.05) is 26.7 Å². The summed E-state index contributed by atoms with van der Waals surface area (Å²) in [6.45, 7) is 0.201. The first kappa shape index (κ1) is 11.4. The van der Waals surface area contributed by atoms with E-state index in [4.69, 9.17) is 5.53 Å². The SMILES string of the molecule is CN1C(=O)[C@H]2CN(C(=O)CN=[N+]=[N-])C[C@H]2C1=O. The Morgan fingerprint density at radius 1 is 1.41 bits per heavy atom. The molecule has 3 amide bonds. The molecule has 0 aromatic rings. The van der Waals surface area contributed by atoms with Gasteiger partial charge in [-0.15, -0.1) is 0 Å². The number of hydrogen-bond donors (Lipinski definition) is 0. The molecule has 0 radical (unpaired) electrons. The van der Waals surface area contributed by atoms with Crippen molar-refractivity contribution in [1.82, 2.24) is 9.80 Å². The number of amides is 3. The lowest BCUT2D eigenvalue weighted by atomic mass is 10.00.